The third-order valence-corrected chi connectivity index (χ3v) is 4.08. The molecule has 1 aliphatic rings. The number of esters is 1. The lowest BCUT2D eigenvalue weighted by Gasteiger charge is -2.33. The Bertz CT molecular complexity index is 744. The van der Waals surface area contributed by atoms with E-state index in [1.165, 1.54) is 12.0 Å². The van der Waals surface area contributed by atoms with Crippen LogP contribution in [0.5, 0.6) is 0 Å². The van der Waals surface area contributed by atoms with Crippen molar-refractivity contribution < 1.29 is 19.4 Å². The molecule has 1 atom stereocenters. The molecule has 2 aromatic carbocycles. The van der Waals surface area contributed by atoms with Gasteiger partial charge in [0.2, 0.25) is 0 Å². The van der Waals surface area contributed by atoms with Gasteiger partial charge in [-0.25, -0.2) is 0 Å². The van der Waals surface area contributed by atoms with E-state index < -0.39 is 11.7 Å². The van der Waals surface area contributed by atoms with Crippen LogP contribution in [0.4, 0.5) is 0 Å². The van der Waals surface area contributed by atoms with Gasteiger partial charge in [-0.05, 0) is 11.6 Å². The van der Waals surface area contributed by atoms with Crippen LogP contribution >= 0.6 is 0 Å². The summed E-state index contributed by atoms with van der Waals surface area (Å²) < 4.78 is 4.69. The van der Waals surface area contributed by atoms with E-state index in [1.54, 1.807) is 24.3 Å². The van der Waals surface area contributed by atoms with Crippen LogP contribution in [0.3, 0.4) is 0 Å². The lowest BCUT2D eigenvalue weighted by atomic mass is 9.98. The van der Waals surface area contributed by atoms with Gasteiger partial charge in [0.25, 0.3) is 5.91 Å². The van der Waals surface area contributed by atoms with Crippen molar-refractivity contribution in [1.29, 1.82) is 0 Å². The second kappa shape index (κ2) is 5.85. The van der Waals surface area contributed by atoms with E-state index in [-0.39, 0.29) is 18.9 Å². The number of ether oxygens (including phenoxy) is 1. The molecule has 0 unspecified atom stereocenters. The number of benzene rings is 2. The Morgan fingerprint density at radius 1 is 1.13 bits per heavy atom. The molecule has 1 heterocycles. The molecule has 1 amide bonds. The van der Waals surface area contributed by atoms with Gasteiger partial charge in [0.15, 0.2) is 5.72 Å². The van der Waals surface area contributed by atoms with Gasteiger partial charge in [0, 0.05) is 17.7 Å². The predicted molar refractivity (Wildman–Crippen MR) is 83.3 cm³/mol. The summed E-state index contributed by atoms with van der Waals surface area (Å²) >= 11 is 0. The summed E-state index contributed by atoms with van der Waals surface area (Å²) in [5, 5.41) is 11.1. The number of rotatable bonds is 4. The number of fused-ring (bicyclic) bond motifs is 1. The Kier molecular flexibility index (Phi) is 3.88. The molecule has 0 spiro atoms. The number of amides is 1. The Hall–Kier alpha value is -2.66. The van der Waals surface area contributed by atoms with Crippen molar-refractivity contribution in [3.63, 3.8) is 0 Å². The van der Waals surface area contributed by atoms with E-state index in [1.807, 2.05) is 30.3 Å². The first-order chi connectivity index (χ1) is 11.1. The highest BCUT2D eigenvalue weighted by Gasteiger charge is 2.49. The minimum atomic E-state index is -1.70. The summed E-state index contributed by atoms with van der Waals surface area (Å²) in [6.45, 7) is 0.210. The van der Waals surface area contributed by atoms with Gasteiger partial charge in [0.1, 0.15) is 0 Å². The first kappa shape index (κ1) is 15.2. The van der Waals surface area contributed by atoms with Crippen LogP contribution in [-0.4, -0.2) is 29.0 Å². The van der Waals surface area contributed by atoms with E-state index in [4.69, 9.17) is 0 Å². The molecule has 0 fully saturated rings. The van der Waals surface area contributed by atoms with Crippen LogP contribution in [-0.2, 0) is 21.8 Å². The predicted octanol–water partition coefficient (Wildman–Crippen LogP) is 2.05. The number of nitrogens with zero attached hydrogens (tertiary/aromatic N) is 1. The lowest BCUT2D eigenvalue weighted by molar-refractivity contribution is -0.156. The van der Waals surface area contributed by atoms with Crippen LogP contribution in [0.15, 0.2) is 54.6 Å². The molecule has 2 aromatic rings. The fourth-order valence-corrected chi connectivity index (χ4v) is 2.91. The van der Waals surface area contributed by atoms with Crippen LogP contribution in [0.25, 0.3) is 0 Å². The van der Waals surface area contributed by atoms with Gasteiger partial charge >= 0.3 is 5.97 Å². The third-order valence-electron chi connectivity index (χ3n) is 4.08. The van der Waals surface area contributed by atoms with Gasteiger partial charge < -0.3 is 14.7 Å². The van der Waals surface area contributed by atoms with Crippen molar-refractivity contribution in [2.24, 2.45) is 0 Å². The Morgan fingerprint density at radius 3 is 2.48 bits per heavy atom. The number of carbonyl (C=O) groups excluding carboxylic acids is 2. The smallest absolute Gasteiger partial charge is 0.310 e. The topological polar surface area (TPSA) is 66.8 Å². The fourth-order valence-electron chi connectivity index (χ4n) is 2.91. The van der Waals surface area contributed by atoms with E-state index in [2.05, 4.69) is 4.74 Å². The van der Waals surface area contributed by atoms with Crippen molar-refractivity contribution in [2.75, 3.05) is 7.11 Å². The van der Waals surface area contributed by atoms with Crippen molar-refractivity contribution in [2.45, 2.75) is 18.7 Å². The lowest BCUT2D eigenvalue weighted by Crippen LogP contribution is -2.45. The summed E-state index contributed by atoms with van der Waals surface area (Å²) in [7, 11) is 1.26. The SMILES string of the molecule is COC(=O)C[C@@]1(O)c2ccccc2C(=O)N1Cc1ccccc1. The molecule has 118 valence electrons. The summed E-state index contributed by atoms with van der Waals surface area (Å²) in [5.74, 6) is -0.870. The molecular formula is C18H17NO4. The van der Waals surface area contributed by atoms with E-state index in [9.17, 15) is 14.7 Å². The summed E-state index contributed by atoms with van der Waals surface area (Å²) in [6, 6.07) is 16.1. The molecule has 1 N–H and O–H groups in total. The van der Waals surface area contributed by atoms with Crippen molar-refractivity contribution in [3.05, 3.63) is 71.3 Å². The maximum atomic E-state index is 12.7. The molecule has 5 heteroatoms. The summed E-state index contributed by atoms with van der Waals surface area (Å²) in [6.07, 6.45) is -0.306. The van der Waals surface area contributed by atoms with Crippen LogP contribution in [0.1, 0.15) is 27.9 Å². The molecular weight excluding hydrogens is 294 g/mol. The summed E-state index contributed by atoms with van der Waals surface area (Å²) in [5.41, 5.74) is 0.0227. The number of carbonyl (C=O) groups is 2. The molecule has 23 heavy (non-hydrogen) atoms. The minimum Gasteiger partial charge on any atom is -0.469 e. The quantitative estimate of drug-likeness (QED) is 0.878. The average Bonchev–Trinajstić information content (AvgIpc) is 2.78. The highest BCUT2D eigenvalue weighted by atomic mass is 16.5. The third kappa shape index (κ3) is 2.59. The van der Waals surface area contributed by atoms with Crippen LogP contribution in [0.2, 0.25) is 0 Å². The van der Waals surface area contributed by atoms with E-state index >= 15 is 0 Å². The van der Waals surface area contributed by atoms with Gasteiger partial charge in [0.05, 0.1) is 13.5 Å². The molecule has 0 saturated carbocycles. The van der Waals surface area contributed by atoms with Crippen molar-refractivity contribution >= 4 is 11.9 Å². The highest BCUT2D eigenvalue weighted by Crippen LogP contribution is 2.40. The standard InChI is InChI=1S/C18H17NO4/c1-23-16(20)11-18(22)15-10-6-5-9-14(15)17(21)19(18)12-13-7-3-2-4-8-13/h2-10,22H,11-12H2,1H3/t18-/m1/s1. The minimum absolute atomic E-state index is 0.210. The maximum absolute atomic E-state index is 12.7. The monoisotopic (exact) mass is 311 g/mol. The molecule has 0 aromatic heterocycles. The molecule has 3 rings (SSSR count). The van der Waals surface area contributed by atoms with Gasteiger partial charge in [-0.2, -0.15) is 0 Å². The van der Waals surface area contributed by atoms with E-state index in [0.29, 0.717) is 11.1 Å². The summed E-state index contributed by atoms with van der Waals surface area (Å²) in [4.78, 5) is 25.8. The van der Waals surface area contributed by atoms with Crippen LogP contribution in [0, 0.1) is 0 Å². The second-order valence-electron chi connectivity index (χ2n) is 5.49. The van der Waals surface area contributed by atoms with Crippen molar-refractivity contribution in [3.8, 4) is 0 Å². The number of methoxy groups -OCH3 is 1. The fraction of sp³-hybridized carbons (Fsp3) is 0.222. The highest BCUT2D eigenvalue weighted by molar-refractivity contribution is 6.00. The second-order valence-corrected chi connectivity index (χ2v) is 5.49. The maximum Gasteiger partial charge on any atom is 0.310 e. The van der Waals surface area contributed by atoms with Gasteiger partial charge in [-0.1, -0.05) is 48.5 Å². The van der Waals surface area contributed by atoms with E-state index in [0.717, 1.165) is 5.56 Å². The number of aliphatic hydroxyl groups is 1. The average molecular weight is 311 g/mol. The molecule has 1 aliphatic heterocycles. The number of hydrogen-bond donors (Lipinski definition) is 1. The van der Waals surface area contributed by atoms with Gasteiger partial charge in [-0.15, -0.1) is 0 Å². The number of hydrogen-bond acceptors (Lipinski definition) is 4. The Morgan fingerprint density at radius 2 is 1.78 bits per heavy atom. The normalized spacial score (nSPS) is 19.6. The first-order valence-electron chi connectivity index (χ1n) is 7.31. The first-order valence-corrected chi connectivity index (χ1v) is 7.31. The zero-order valence-corrected chi connectivity index (χ0v) is 12.7. The Balaban J connectivity index is 2.03. The van der Waals surface area contributed by atoms with Crippen molar-refractivity contribution in [1.82, 2.24) is 4.90 Å². The van der Waals surface area contributed by atoms with Crippen LogP contribution < -0.4 is 0 Å². The molecule has 0 radical (unpaired) electrons. The largest absolute Gasteiger partial charge is 0.469 e. The molecule has 0 saturated heterocycles. The zero-order chi connectivity index (χ0) is 16.4. The molecule has 0 aliphatic carbocycles. The van der Waals surface area contributed by atoms with Gasteiger partial charge in [-0.3, -0.25) is 9.59 Å². The Labute approximate surface area is 134 Å². The molecule has 5 nitrogen and oxygen atoms in total. The zero-order valence-electron chi connectivity index (χ0n) is 12.7. The molecule has 0 bridgehead atoms.